The lowest BCUT2D eigenvalue weighted by Gasteiger charge is -2.26. The van der Waals surface area contributed by atoms with Crippen LogP contribution < -0.4 is 4.90 Å². The Morgan fingerprint density at radius 2 is 2.12 bits per heavy atom. The molecule has 0 amide bonds. The molecule has 1 heterocycles. The van der Waals surface area contributed by atoms with Crippen molar-refractivity contribution in [3.8, 4) is 0 Å². The molecule has 4 heteroatoms. The van der Waals surface area contributed by atoms with Crippen LogP contribution in [0.1, 0.15) is 13.3 Å². The number of hydrogen-bond donors (Lipinski definition) is 1. The van der Waals surface area contributed by atoms with Crippen molar-refractivity contribution in [2.45, 2.75) is 19.4 Å². The van der Waals surface area contributed by atoms with Crippen molar-refractivity contribution in [2.75, 3.05) is 18.1 Å². The average Bonchev–Trinajstić information content (AvgIpc) is 2.64. The van der Waals surface area contributed by atoms with Gasteiger partial charge in [0.25, 0.3) is 0 Å². The second kappa shape index (κ2) is 4.82. The molecule has 1 aromatic rings. The van der Waals surface area contributed by atoms with Crippen molar-refractivity contribution in [1.82, 2.24) is 0 Å². The van der Waals surface area contributed by atoms with Crippen LogP contribution in [0.5, 0.6) is 0 Å². The Balaban J connectivity index is 2.22. The minimum Gasteiger partial charge on any atom is -0.396 e. The van der Waals surface area contributed by atoms with Crippen LogP contribution in [-0.2, 0) is 0 Å². The highest BCUT2D eigenvalue weighted by Gasteiger charge is 2.30. The van der Waals surface area contributed by atoms with E-state index in [1.165, 1.54) is 0 Å². The Morgan fingerprint density at radius 3 is 2.69 bits per heavy atom. The zero-order chi connectivity index (χ0) is 11.7. The van der Waals surface area contributed by atoms with Crippen molar-refractivity contribution in [1.29, 1.82) is 0 Å². The van der Waals surface area contributed by atoms with Crippen LogP contribution in [0.15, 0.2) is 18.2 Å². The van der Waals surface area contributed by atoms with Gasteiger partial charge in [-0.25, -0.2) is 0 Å². The molecule has 1 fully saturated rings. The molecule has 1 aliphatic heterocycles. The maximum absolute atomic E-state index is 9.23. The summed E-state index contributed by atoms with van der Waals surface area (Å²) in [6.07, 6.45) is 1.03. The molecule has 2 nitrogen and oxygen atoms in total. The smallest absolute Gasteiger partial charge is 0.0612 e. The first-order valence-electron chi connectivity index (χ1n) is 5.46. The van der Waals surface area contributed by atoms with Gasteiger partial charge < -0.3 is 10.0 Å². The van der Waals surface area contributed by atoms with E-state index >= 15 is 0 Å². The number of aliphatic hydroxyl groups excluding tert-OH is 1. The highest BCUT2D eigenvalue weighted by Crippen LogP contribution is 2.33. The maximum Gasteiger partial charge on any atom is 0.0612 e. The molecule has 0 aliphatic carbocycles. The lowest BCUT2D eigenvalue weighted by atomic mass is 10.0. The summed E-state index contributed by atoms with van der Waals surface area (Å²) in [5.41, 5.74) is 1.08. The molecule has 2 atom stereocenters. The minimum atomic E-state index is 0.249. The SMILES string of the molecule is CC1C(CO)CCN1c1ccc(Cl)c(Cl)c1. The number of anilines is 1. The van der Waals surface area contributed by atoms with Crippen LogP contribution in [0.25, 0.3) is 0 Å². The summed E-state index contributed by atoms with van der Waals surface area (Å²) >= 11 is 11.9. The van der Waals surface area contributed by atoms with E-state index in [1.54, 1.807) is 0 Å². The first kappa shape index (κ1) is 12.0. The van der Waals surface area contributed by atoms with Gasteiger partial charge in [0.05, 0.1) is 10.0 Å². The van der Waals surface area contributed by atoms with E-state index < -0.39 is 0 Å². The first-order valence-corrected chi connectivity index (χ1v) is 6.21. The van der Waals surface area contributed by atoms with Gasteiger partial charge in [-0.1, -0.05) is 23.2 Å². The third kappa shape index (κ3) is 2.15. The fourth-order valence-electron chi connectivity index (χ4n) is 2.28. The molecule has 0 bridgehead atoms. The predicted molar refractivity (Wildman–Crippen MR) is 68.5 cm³/mol. The van der Waals surface area contributed by atoms with Crippen molar-refractivity contribution in [3.05, 3.63) is 28.2 Å². The van der Waals surface area contributed by atoms with Crippen LogP contribution in [0.3, 0.4) is 0 Å². The van der Waals surface area contributed by atoms with Gasteiger partial charge in [-0.05, 0) is 31.5 Å². The minimum absolute atomic E-state index is 0.249. The maximum atomic E-state index is 9.23. The Hall–Kier alpha value is -0.440. The summed E-state index contributed by atoms with van der Waals surface area (Å²) in [6, 6.07) is 6.03. The number of halogens is 2. The van der Waals surface area contributed by atoms with Gasteiger partial charge in [-0.15, -0.1) is 0 Å². The largest absolute Gasteiger partial charge is 0.396 e. The Morgan fingerprint density at radius 1 is 1.38 bits per heavy atom. The molecule has 0 saturated carbocycles. The van der Waals surface area contributed by atoms with Gasteiger partial charge in [0.1, 0.15) is 0 Å². The average molecular weight is 260 g/mol. The Labute approximate surface area is 106 Å². The van der Waals surface area contributed by atoms with Crippen LogP contribution in [0.4, 0.5) is 5.69 Å². The number of aliphatic hydroxyl groups is 1. The van der Waals surface area contributed by atoms with E-state index in [2.05, 4.69) is 11.8 Å². The lowest BCUT2D eigenvalue weighted by molar-refractivity contribution is 0.221. The van der Waals surface area contributed by atoms with E-state index in [4.69, 9.17) is 23.2 Å². The topological polar surface area (TPSA) is 23.5 Å². The number of rotatable bonds is 2. The fraction of sp³-hybridized carbons (Fsp3) is 0.500. The van der Waals surface area contributed by atoms with Crippen molar-refractivity contribution >= 4 is 28.9 Å². The first-order chi connectivity index (χ1) is 7.63. The van der Waals surface area contributed by atoms with E-state index in [1.807, 2.05) is 18.2 Å². The van der Waals surface area contributed by atoms with Gasteiger partial charge in [0, 0.05) is 30.8 Å². The summed E-state index contributed by atoms with van der Waals surface area (Å²) in [6.45, 7) is 3.35. The Bertz CT molecular complexity index is 383. The Kier molecular flexibility index (Phi) is 3.63. The zero-order valence-electron chi connectivity index (χ0n) is 9.16. The molecule has 2 rings (SSSR count). The summed E-state index contributed by atoms with van der Waals surface area (Å²) in [4.78, 5) is 2.27. The van der Waals surface area contributed by atoms with E-state index in [0.29, 0.717) is 22.0 Å². The second-order valence-electron chi connectivity index (χ2n) is 4.26. The third-order valence-electron chi connectivity index (χ3n) is 3.38. The van der Waals surface area contributed by atoms with Crippen LogP contribution in [-0.4, -0.2) is 24.3 Å². The standard InChI is InChI=1S/C12H15Cl2NO/c1-8-9(7-16)4-5-15(8)10-2-3-11(13)12(14)6-10/h2-3,6,8-9,16H,4-5,7H2,1H3. The van der Waals surface area contributed by atoms with E-state index in [9.17, 15) is 5.11 Å². The molecule has 0 radical (unpaired) electrons. The number of benzene rings is 1. The molecule has 16 heavy (non-hydrogen) atoms. The molecule has 88 valence electrons. The van der Waals surface area contributed by atoms with E-state index in [0.717, 1.165) is 18.7 Å². The molecule has 2 unspecified atom stereocenters. The quantitative estimate of drug-likeness (QED) is 0.882. The summed E-state index contributed by atoms with van der Waals surface area (Å²) < 4.78 is 0. The van der Waals surface area contributed by atoms with Crippen LogP contribution in [0.2, 0.25) is 10.0 Å². The van der Waals surface area contributed by atoms with Gasteiger partial charge in [0.15, 0.2) is 0 Å². The molecular weight excluding hydrogens is 245 g/mol. The fourth-order valence-corrected chi connectivity index (χ4v) is 2.57. The molecular formula is C12H15Cl2NO. The van der Waals surface area contributed by atoms with Gasteiger partial charge >= 0.3 is 0 Å². The van der Waals surface area contributed by atoms with Gasteiger partial charge in [-0.3, -0.25) is 0 Å². The second-order valence-corrected chi connectivity index (χ2v) is 5.08. The predicted octanol–water partition coefficient (Wildman–Crippen LogP) is 3.20. The summed E-state index contributed by atoms with van der Waals surface area (Å²) in [5.74, 6) is 0.356. The third-order valence-corrected chi connectivity index (χ3v) is 4.12. The van der Waals surface area contributed by atoms with Gasteiger partial charge in [0.2, 0.25) is 0 Å². The summed E-state index contributed by atoms with van der Waals surface area (Å²) in [7, 11) is 0. The highest BCUT2D eigenvalue weighted by atomic mass is 35.5. The molecule has 0 spiro atoms. The highest BCUT2D eigenvalue weighted by molar-refractivity contribution is 6.42. The zero-order valence-corrected chi connectivity index (χ0v) is 10.7. The number of nitrogens with zero attached hydrogens (tertiary/aromatic N) is 1. The molecule has 1 aliphatic rings. The van der Waals surface area contributed by atoms with Crippen molar-refractivity contribution < 1.29 is 5.11 Å². The molecule has 1 N–H and O–H groups in total. The molecule has 1 saturated heterocycles. The van der Waals surface area contributed by atoms with Gasteiger partial charge in [-0.2, -0.15) is 0 Å². The van der Waals surface area contributed by atoms with E-state index in [-0.39, 0.29) is 6.61 Å². The molecule has 0 aromatic heterocycles. The normalized spacial score (nSPS) is 25.1. The van der Waals surface area contributed by atoms with Crippen LogP contribution >= 0.6 is 23.2 Å². The lowest BCUT2D eigenvalue weighted by Crippen LogP contribution is -2.30. The number of hydrogen-bond acceptors (Lipinski definition) is 2. The van der Waals surface area contributed by atoms with Crippen LogP contribution in [0, 0.1) is 5.92 Å². The molecule has 1 aromatic carbocycles. The van der Waals surface area contributed by atoms with Crippen molar-refractivity contribution in [2.24, 2.45) is 5.92 Å². The van der Waals surface area contributed by atoms with Crippen molar-refractivity contribution in [3.63, 3.8) is 0 Å². The summed E-state index contributed by atoms with van der Waals surface area (Å²) in [5, 5.41) is 10.4. The monoisotopic (exact) mass is 259 g/mol.